The molecule has 1 fully saturated rings. The summed E-state index contributed by atoms with van der Waals surface area (Å²) >= 11 is 11.0. The number of hydrogen-bond acceptors (Lipinski definition) is 2. The van der Waals surface area contributed by atoms with Crippen molar-refractivity contribution in [3.8, 4) is 0 Å². The van der Waals surface area contributed by atoms with Crippen molar-refractivity contribution in [2.45, 2.75) is 6.04 Å². The van der Waals surface area contributed by atoms with Gasteiger partial charge in [-0.05, 0) is 24.4 Å². The zero-order chi connectivity index (χ0) is 14.2. The fourth-order valence-corrected chi connectivity index (χ4v) is 2.61. The van der Waals surface area contributed by atoms with Gasteiger partial charge in [-0.3, -0.25) is 4.79 Å². The molecule has 0 saturated carbocycles. The van der Waals surface area contributed by atoms with Crippen LogP contribution in [0.5, 0.6) is 0 Å². The zero-order valence-corrected chi connectivity index (χ0v) is 11.3. The van der Waals surface area contributed by atoms with Gasteiger partial charge >= 0.3 is 0 Å². The second kappa shape index (κ2) is 5.14. The first kappa shape index (κ1) is 13.8. The number of carbonyl (C=O) groups is 1. The van der Waals surface area contributed by atoms with E-state index in [2.05, 4.69) is 17.2 Å². The Labute approximate surface area is 119 Å². The van der Waals surface area contributed by atoms with E-state index >= 15 is 0 Å². The SMILES string of the molecule is C=C1NC(=S)NC(c2c(F)cccc2Cl)C1C(N)=O. The molecule has 2 unspecified atom stereocenters. The van der Waals surface area contributed by atoms with E-state index < -0.39 is 23.7 Å². The number of primary amides is 1. The van der Waals surface area contributed by atoms with Crippen molar-refractivity contribution in [1.82, 2.24) is 10.6 Å². The van der Waals surface area contributed by atoms with Crippen molar-refractivity contribution < 1.29 is 9.18 Å². The summed E-state index contributed by atoms with van der Waals surface area (Å²) in [5.41, 5.74) is 5.81. The van der Waals surface area contributed by atoms with Gasteiger partial charge in [0, 0.05) is 16.3 Å². The highest BCUT2D eigenvalue weighted by atomic mass is 35.5. The van der Waals surface area contributed by atoms with Crippen LogP contribution < -0.4 is 16.4 Å². The molecule has 0 spiro atoms. The Kier molecular flexibility index (Phi) is 3.73. The van der Waals surface area contributed by atoms with Gasteiger partial charge in [-0.1, -0.05) is 24.2 Å². The molecule has 4 N–H and O–H groups in total. The predicted molar refractivity (Wildman–Crippen MR) is 74.8 cm³/mol. The van der Waals surface area contributed by atoms with E-state index in [4.69, 9.17) is 29.6 Å². The van der Waals surface area contributed by atoms with Crippen molar-refractivity contribution in [3.05, 3.63) is 46.9 Å². The first-order chi connectivity index (χ1) is 8.91. The molecular formula is C12H11ClFN3OS. The molecule has 0 bridgehead atoms. The minimum Gasteiger partial charge on any atom is -0.369 e. The van der Waals surface area contributed by atoms with Crippen LogP contribution in [0.4, 0.5) is 4.39 Å². The normalized spacial score (nSPS) is 22.6. The van der Waals surface area contributed by atoms with Crippen LogP contribution in [-0.2, 0) is 4.79 Å². The maximum absolute atomic E-state index is 14.0. The maximum Gasteiger partial charge on any atom is 0.228 e. The quantitative estimate of drug-likeness (QED) is 0.726. The minimum absolute atomic E-state index is 0.151. The number of halogens is 2. The van der Waals surface area contributed by atoms with Crippen LogP contribution in [0, 0.1) is 11.7 Å². The van der Waals surface area contributed by atoms with Gasteiger partial charge in [0.2, 0.25) is 5.91 Å². The molecule has 2 rings (SSSR count). The van der Waals surface area contributed by atoms with E-state index in [9.17, 15) is 9.18 Å². The number of hydrogen-bond donors (Lipinski definition) is 3. The standard InChI is InChI=1S/C12H11ClFN3OS/c1-5-8(11(15)18)10(17-12(19)16-5)9-6(13)3-2-4-7(9)14/h2-4,8,10H,1H2,(H2,15,18)(H2,16,17,19). The summed E-state index contributed by atoms with van der Waals surface area (Å²) in [6, 6.07) is 3.50. The van der Waals surface area contributed by atoms with E-state index in [1.165, 1.54) is 18.2 Å². The van der Waals surface area contributed by atoms with Crippen molar-refractivity contribution in [2.24, 2.45) is 11.7 Å². The number of rotatable bonds is 2. The van der Waals surface area contributed by atoms with E-state index in [1.54, 1.807) is 0 Å². The predicted octanol–water partition coefficient (Wildman–Crippen LogP) is 1.61. The molecule has 2 atom stereocenters. The van der Waals surface area contributed by atoms with E-state index in [-0.39, 0.29) is 15.7 Å². The highest BCUT2D eigenvalue weighted by molar-refractivity contribution is 7.80. The van der Waals surface area contributed by atoms with Gasteiger partial charge in [-0.25, -0.2) is 4.39 Å². The Morgan fingerprint density at radius 2 is 2.21 bits per heavy atom. The average Bonchev–Trinajstić information content (AvgIpc) is 2.26. The second-order valence-corrected chi connectivity index (χ2v) is 4.93. The van der Waals surface area contributed by atoms with Gasteiger partial charge in [0.25, 0.3) is 0 Å². The molecule has 100 valence electrons. The van der Waals surface area contributed by atoms with E-state index in [1.807, 2.05) is 0 Å². The monoisotopic (exact) mass is 299 g/mol. The van der Waals surface area contributed by atoms with Gasteiger partial charge < -0.3 is 16.4 Å². The molecule has 1 aliphatic rings. The number of benzene rings is 1. The summed E-state index contributed by atoms with van der Waals surface area (Å²) in [5, 5.41) is 5.96. The molecule has 1 aromatic carbocycles. The molecule has 4 nitrogen and oxygen atoms in total. The van der Waals surface area contributed by atoms with Crippen molar-refractivity contribution in [1.29, 1.82) is 0 Å². The highest BCUT2D eigenvalue weighted by Crippen LogP contribution is 2.34. The number of amides is 1. The largest absolute Gasteiger partial charge is 0.369 e. The third-order valence-electron chi connectivity index (χ3n) is 2.89. The minimum atomic E-state index is -0.846. The topological polar surface area (TPSA) is 67.2 Å². The molecule has 1 heterocycles. The van der Waals surface area contributed by atoms with Crippen LogP contribution >= 0.6 is 23.8 Å². The summed E-state index contributed by atoms with van der Waals surface area (Å²) in [6.07, 6.45) is 0. The Balaban J connectivity index is 2.53. The summed E-state index contributed by atoms with van der Waals surface area (Å²) in [6.45, 7) is 3.70. The van der Waals surface area contributed by atoms with Gasteiger partial charge in [0.1, 0.15) is 11.7 Å². The maximum atomic E-state index is 14.0. The van der Waals surface area contributed by atoms with E-state index in [0.717, 1.165) is 0 Å². The number of nitrogens with two attached hydrogens (primary N) is 1. The Bertz CT molecular complexity index is 558. The lowest BCUT2D eigenvalue weighted by atomic mass is 9.88. The van der Waals surface area contributed by atoms with E-state index in [0.29, 0.717) is 5.70 Å². The molecule has 0 aliphatic carbocycles. The number of nitrogens with one attached hydrogen (secondary N) is 2. The van der Waals surface area contributed by atoms with Gasteiger partial charge in [-0.2, -0.15) is 0 Å². The van der Waals surface area contributed by atoms with Crippen LogP contribution in [0.3, 0.4) is 0 Å². The lowest BCUT2D eigenvalue weighted by Crippen LogP contribution is -2.52. The first-order valence-corrected chi connectivity index (χ1v) is 6.20. The fraction of sp³-hybridized carbons (Fsp3) is 0.167. The van der Waals surface area contributed by atoms with Gasteiger partial charge in [-0.15, -0.1) is 0 Å². The fourth-order valence-electron chi connectivity index (χ4n) is 2.07. The first-order valence-electron chi connectivity index (χ1n) is 5.41. The van der Waals surface area contributed by atoms with Crippen LogP contribution in [-0.4, -0.2) is 11.0 Å². The lowest BCUT2D eigenvalue weighted by molar-refractivity contribution is -0.121. The van der Waals surface area contributed by atoms with Crippen molar-refractivity contribution >= 4 is 34.8 Å². The number of thiocarbonyl (C=S) groups is 1. The van der Waals surface area contributed by atoms with Crippen LogP contribution in [0.25, 0.3) is 0 Å². The summed E-state index contributed by atoms with van der Waals surface area (Å²) < 4.78 is 14.0. The van der Waals surface area contributed by atoms with Crippen LogP contribution in [0.15, 0.2) is 30.5 Å². The Morgan fingerprint density at radius 3 is 2.79 bits per heavy atom. The molecule has 19 heavy (non-hydrogen) atoms. The smallest absolute Gasteiger partial charge is 0.228 e. The van der Waals surface area contributed by atoms with Gasteiger partial charge in [0.15, 0.2) is 5.11 Å². The number of carbonyl (C=O) groups excluding carboxylic acids is 1. The molecule has 1 amide bonds. The highest BCUT2D eigenvalue weighted by Gasteiger charge is 2.37. The Hall–Kier alpha value is -1.66. The van der Waals surface area contributed by atoms with Gasteiger partial charge in [0.05, 0.1) is 6.04 Å². The molecule has 0 aromatic heterocycles. The average molecular weight is 300 g/mol. The third kappa shape index (κ3) is 2.54. The molecule has 1 saturated heterocycles. The molecule has 7 heteroatoms. The second-order valence-electron chi connectivity index (χ2n) is 4.12. The van der Waals surface area contributed by atoms with Crippen LogP contribution in [0.1, 0.15) is 11.6 Å². The van der Waals surface area contributed by atoms with Crippen LogP contribution in [0.2, 0.25) is 5.02 Å². The van der Waals surface area contributed by atoms with Crippen molar-refractivity contribution in [3.63, 3.8) is 0 Å². The lowest BCUT2D eigenvalue weighted by Gasteiger charge is -2.34. The summed E-state index contributed by atoms with van der Waals surface area (Å²) in [5.74, 6) is -2.02. The molecule has 1 aromatic rings. The summed E-state index contributed by atoms with van der Waals surface area (Å²) in [7, 11) is 0. The zero-order valence-electron chi connectivity index (χ0n) is 9.74. The van der Waals surface area contributed by atoms with Crippen molar-refractivity contribution in [2.75, 3.05) is 0 Å². The molecule has 0 radical (unpaired) electrons. The molecular weight excluding hydrogens is 289 g/mol. The molecule has 1 aliphatic heterocycles. The third-order valence-corrected chi connectivity index (χ3v) is 3.44. The summed E-state index contributed by atoms with van der Waals surface area (Å²) in [4.78, 5) is 11.6. The Morgan fingerprint density at radius 1 is 1.53 bits per heavy atom.